The summed E-state index contributed by atoms with van der Waals surface area (Å²) < 4.78 is 30.6. The standard InChI is InChI=1S/C25H25F2N7O/c1-3-34-13-21-25(33-34)32-22(12-28-21)30-14(2)18-10-17(6-7-19(18)26)31-23(35)9-15-8-20(27)24(29-11-15)16-4-5-16/h6-8,10-14,16H,3-5,9H2,1-2H3,(H,31,35)(H,30,32,33)/t14-/m0/s1. The Morgan fingerprint density at radius 3 is 2.74 bits per heavy atom. The summed E-state index contributed by atoms with van der Waals surface area (Å²) in [7, 11) is 0. The van der Waals surface area contributed by atoms with Crippen LogP contribution in [0, 0.1) is 11.6 Å². The predicted molar refractivity (Wildman–Crippen MR) is 128 cm³/mol. The third kappa shape index (κ3) is 5.11. The second kappa shape index (κ2) is 9.36. The van der Waals surface area contributed by atoms with Gasteiger partial charge in [-0.3, -0.25) is 14.5 Å². The first-order chi connectivity index (χ1) is 16.9. The van der Waals surface area contributed by atoms with Crippen LogP contribution in [0.15, 0.2) is 42.9 Å². The fourth-order valence-corrected chi connectivity index (χ4v) is 3.96. The van der Waals surface area contributed by atoms with Crippen LogP contribution < -0.4 is 10.6 Å². The number of hydrogen-bond donors (Lipinski definition) is 2. The Morgan fingerprint density at radius 2 is 2.00 bits per heavy atom. The summed E-state index contributed by atoms with van der Waals surface area (Å²) in [4.78, 5) is 25.5. The number of nitrogens with zero attached hydrogens (tertiary/aromatic N) is 5. The van der Waals surface area contributed by atoms with Gasteiger partial charge in [-0.15, -0.1) is 0 Å². The van der Waals surface area contributed by atoms with Crippen molar-refractivity contribution < 1.29 is 13.6 Å². The lowest BCUT2D eigenvalue weighted by molar-refractivity contribution is -0.115. The summed E-state index contributed by atoms with van der Waals surface area (Å²) in [5, 5.41) is 10.2. The lowest BCUT2D eigenvalue weighted by atomic mass is 10.1. The highest BCUT2D eigenvalue weighted by Crippen LogP contribution is 2.40. The molecule has 0 bridgehead atoms. The van der Waals surface area contributed by atoms with E-state index in [0.29, 0.717) is 46.0 Å². The predicted octanol–water partition coefficient (Wildman–Crippen LogP) is 4.75. The van der Waals surface area contributed by atoms with Gasteiger partial charge in [0.05, 0.1) is 30.6 Å². The van der Waals surface area contributed by atoms with E-state index in [1.54, 1.807) is 30.1 Å². The van der Waals surface area contributed by atoms with Crippen molar-refractivity contribution in [2.24, 2.45) is 0 Å². The zero-order valence-electron chi connectivity index (χ0n) is 19.4. The van der Waals surface area contributed by atoms with E-state index in [4.69, 9.17) is 0 Å². The molecule has 1 atom stereocenters. The summed E-state index contributed by atoms with van der Waals surface area (Å²) in [6.45, 7) is 4.47. The van der Waals surface area contributed by atoms with Crippen molar-refractivity contribution in [3.05, 3.63) is 71.3 Å². The monoisotopic (exact) mass is 477 g/mol. The van der Waals surface area contributed by atoms with E-state index in [9.17, 15) is 13.6 Å². The summed E-state index contributed by atoms with van der Waals surface area (Å²) in [6.07, 6.45) is 6.80. The maximum atomic E-state index is 14.6. The van der Waals surface area contributed by atoms with E-state index in [1.807, 2.05) is 13.1 Å². The fourth-order valence-electron chi connectivity index (χ4n) is 3.96. The van der Waals surface area contributed by atoms with Crippen LogP contribution in [0.3, 0.4) is 0 Å². The van der Waals surface area contributed by atoms with Crippen LogP contribution in [-0.2, 0) is 17.8 Å². The molecule has 35 heavy (non-hydrogen) atoms. The Labute approximate surface area is 200 Å². The largest absolute Gasteiger partial charge is 0.362 e. The Morgan fingerprint density at radius 1 is 1.17 bits per heavy atom. The van der Waals surface area contributed by atoms with Gasteiger partial charge >= 0.3 is 0 Å². The third-order valence-corrected chi connectivity index (χ3v) is 5.97. The van der Waals surface area contributed by atoms with Gasteiger partial charge in [0, 0.05) is 29.9 Å². The van der Waals surface area contributed by atoms with E-state index < -0.39 is 11.9 Å². The minimum Gasteiger partial charge on any atom is -0.362 e. The van der Waals surface area contributed by atoms with Gasteiger partial charge in [0.2, 0.25) is 11.6 Å². The molecule has 10 heteroatoms. The minimum atomic E-state index is -0.458. The van der Waals surface area contributed by atoms with Crippen LogP contribution in [0.5, 0.6) is 0 Å². The van der Waals surface area contributed by atoms with Crippen molar-refractivity contribution in [1.82, 2.24) is 24.7 Å². The van der Waals surface area contributed by atoms with Crippen LogP contribution in [0.2, 0.25) is 0 Å². The van der Waals surface area contributed by atoms with E-state index in [0.717, 1.165) is 12.8 Å². The first-order valence-electron chi connectivity index (χ1n) is 11.6. The molecule has 2 N–H and O–H groups in total. The summed E-state index contributed by atoms with van der Waals surface area (Å²) in [5.41, 5.74) is 2.93. The molecular weight excluding hydrogens is 452 g/mol. The van der Waals surface area contributed by atoms with Crippen molar-refractivity contribution >= 4 is 28.6 Å². The fraction of sp³-hybridized carbons (Fsp3) is 0.320. The highest BCUT2D eigenvalue weighted by Gasteiger charge is 2.28. The molecule has 3 heterocycles. The molecule has 1 fully saturated rings. The lowest BCUT2D eigenvalue weighted by Crippen LogP contribution is -2.16. The molecule has 4 aromatic rings. The summed E-state index contributed by atoms with van der Waals surface area (Å²) in [6, 6.07) is 5.26. The number of carbonyl (C=O) groups excluding carboxylic acids is 1. The second-order valence-corrected chi connectivity index (χ2v) is 8.76. The lowest BCUT2D eigenvalue weighted by Gasteiger charge is -2.17. The zero-order valence-corrected chi connectivity index (χ0v) is 19.4. The van der Waals surface area contributed by atoms with Gasteiger partial charge in [0.1, 0.15) is 23.0 Å². The summed E-state index contributed by atoms with van der Waals surface area (Å²) >= 11 is 0. The molecule has 1 aromatic carbocycles. The highest BCUT2D eigenvalue weighted by atomic mass is 19.1. The highest BCUT2D eigenvalue weighted by molar-refractivity contribution is 5.92. The zero-order chi connectivity index (χ0) is 24.5. The number of aryl methyl sites for hydroxylation is 1. The van der Waals surface area contributed by atoms with Gasteiger partial charge in [0.25, 0.3) is 0 Å². The van der Waals surface area contributed by atoms with Gasteiger partial charge in [-0.05, 0) is 56.5 Å². The molecule has 180 valence electrons. The van der Waals surface area contributed by atoms with Gasteiger partial charge < -0.3 is 10.6 Å². The molecule has 5 rings (SSSR count). The number of anilines is 2. The van der Waals surface area contributed by atoms with Crippen LogP contribution >= 0.6 is 0 Å². The molecule has 0 aliphatic heterocycles. The number of amides is 1. The molecule has 0 spiro atoms. The van der Waals surface area contributed by atoms with E-state index in [1.165, 1.54) is 18.2 Å². The van der Waals surface area contributed by atoms with Crippen LogP contribution in [0.4, 0.5) is 20.3 Å². The van der Waals surface area contributed by atoms with Crippen LogP contribution in [-0.4, -0.2) is 30.6 Å². The third-order valence-electron chi connectivity index (χ3n) is 5.97. The number of fused-ring (bicyclic) bond motifs is 1. The molecule has 1 aliphatic rings. The van der Waals surface area contributed by atoms with Gasteiger partial charge in [-0.2, -0.15) is 5.10 Å². The molecule has 8 nitrogen and oxygen atoms in total. The van der Waals surface area contributed by atoms with Crippen molar-refractivity contribution in [3.63, 3.8) is 0 Å². The molecule has 1 saturated carbocycles. The van der Waals surface area contributed by atoms with Gasteiger partial charge in [-0.1, -0.05) is 0 Å². The quantitative estimate of drug-likeness (QED) is 0.380. The number of nitrogens with one attached hydrogen (secondary N) is 2. The average molecular weight is 478 g/mol. The number of benzene rings is 1. The van der Waals surface area contributed by atoms with E-state index in [-0.39, 0.29) is 24.1 Å². The van der Waals surface area contributed by atoms with Crippen LogP contribution in [0.25, 0.3) is 11.2 Å². The first-order valence-corrected chi connectivity index (χ1v) is 11.6. The number of carbonyl (C=O) groups is 1. The van der Waals surface area contributed by atoms with E-state index >= 15 is 0 Å². The molecule has 1 aliphatic carbocycles. The SMILES string of the molecule is CCn1cc2ncc(N[C@@H](C)c3cc(NC(=O)Cc4cnc(C5CC5)c(F)c4)ccc3F)nc2n1. The normalized spacial score (nSPS) is 14.2. The maximum absolute atomic E-state index is 14.6. The Hall–Kier alpha value is -3.95. The Bertz CT molecular complexity index is 1400. The average Bonchev–Trinajstić information content (AvgIpc) is 3.58. The second-order valence-electron chi connectivity index (χ2n) is 8.76. The molecule has 0 saturated heterocycles. The van der Waals surface area contributed by atoms with Gasteiger partial charge in [0.15, 0.2) is 0 Å². The molecular formula is C25H25F2N7O. The van der Waals surface area contributed by atoms with E-state index in [2.05, 4.69) is 30.7 Å². The van der Waals surface area contributed by atoms with Gasteiger partial charge in [-0.25, -0.2) is 18.7 Å². The number of pyridine rings is 1. The number of aromatic nitrogens is 5. The Kier molecular flexibility index (Phi) is 6.10. The molecule has 0 unspecified atom stereocenters. The molecule has 3 aromatic heterocycles. The number of rotatable bonds is 8. The maximum Gasteiger partial charge on any atom is 0.228 e. The molecule has 1 amide bonds. The topological polar surface area (TPSA) is 97.6 Å². The van der Waals surface area contributed by atoms with Crippen LogP contribution in [0.1, 0.15) is 55.5 Å². The number of halogens is 2. The van der Waals surface area contributed by atoms with Crippen molar-refractivity contribution in [2.75, 3.05) is 10.6 Å². The molecule has 0 radical (unpaired) electrons. The van der Waals surface area contributed by atoms with Crippen molar-refractivity contribution in [2.45, 2.75) is 51.6 Å². The van der Waals surface area contributed by atoms with Crippen molar-refractivity contribution in [3.8, 4) is 0 Å². The Balaban J connectivity index is 1.26. The number of hydrogen-bond acceptors (Lipinski definition) is 6. The minimum absolute atomic E-state index is 0.0324. The smallest absolute Gasteiger partial charge is 0.228 e. The van der Waals surface area contributed by atoms with Crippen molar-refractivity contribution in [1.29, 1.82) is 0 Å². The first kappa shape index (κ1) is 22.8. The summed E-state index contributed by atoms with van der Waals surface area (Å²) in [5.74, 6) is -0.470.